The Balaban J connectivity index is 2.54. The van der Waals surface area contributed by atoms with Crippen LogP contribution in [0.3, 0.4) is 0 Å². The maximum atomic E-state index is 11.5. The summed E-state index contributed by atoms with van der Waals surface area (Å²) in [6.07, 6.45) is 4.84. The smallest absolute Gasteiger partial charge is 0.232 e. The summed E-state index contributed by atoms with van der Waals surface area (Å²) in [7, 11) is 0. The first-order valence-electron chi connectivity index (χ1n) is 5.42. The monoisotopic (exact) mass is 215 g/mol. The van der Waals surface area contributed by atoms with E-state index in [-0.39, 0.29) is 16.6 Å². The predicted octanol–water partition coefficient (Wildman–Crippen LogP) is 2.39. The van der Waals surface area contributed by atoms with Gasteiger partial charge >= 0.3 is 0 Å². The highest BCUT2D eigenvalue weighted by molar-refractivity contribution is 7.81. The fourth-order valence-corrected chi connectivity index (χ4v) is 2.13. The van der Waals surface area contributed by atoms with Crippen LogP contribution in [0.5, 0.6) is 0 Å². The number of hydrogen-bond donors (Lipinski definition) is 2. The number of rotatable bonds is 2. The number of nitrogens with one attached hydrogen (secondary N) is 1. The third-order valence-corrected chi connectivity index (χ3v) is 3.44. The maximum Gasteiger partial charge on any atom is 0.232 e. The van der Waals surface area contributed by atoms with Crippen LogP contribution in [0.2, 0.25) is 0 Å². The van der Waals surface area contributed by atoms with Gasteiger partial charge < -0.3 is 5.32 Å². The molecule has 0 aromatic rings. The third-order valence-electron chi connectivity index (χ3n) is 3.20. The Bertz CT molecular complexity index is 213. The van der Waals surface area contributed by atoms with Gasteiger partial charge in [0.05, 0.1) is 5.25 Å². The van der Waals surface area contributed by atoms with Crippen molar-refractivity contribution in [2.45, 2.75) is 57.7 Å². The number of carbonyl (C=O) groups is 1. The van der Waals surface area contributed by atoms with E-state index in [0.29, 0.717) is 6.04 Å². The van der Waals surface area contributed by atoms with Crippen molar-refractivity contribution >= 4 is 18.5 Å². The maximum absolute atomic E-state index is 11.5. The van der Waals surface area contributed by atoms with E-state index in [1.807, 2.05) is 6.92 Å². The van der Waals surface area contributed by atoms with E-state index >= 15 is 0 Å². The Morgan fingerprint density at radius 2 is 2.14 bits per heavy atom. The molecule has 3 heteroatoms. The van der Waals surface area contributed by atoms with Crippen molar-refractivity contribution in [2.75, 3.05) is 0 Å². The number of hydrogen-bond acceptors (Lipinski definition) is 2. The summed E-state index contributed by atoms with van der Waals surface area (Å²) in [5, 5.41) is 2.89. The quantitative estimate of drug-likeness (QED) is 0.680. The summed E-state index contributed by atoms with van der Waals surface area (Å²) < 4.78 is 0. The first-order valence-corrected chi connectivity index (χ1v) is 5.93. The van der Waals surface area contributed by atoms with Gasteiger partial charge in [-0.2, -0.15) is 12.6 Å². The Kier molecular flexibility index (Phi) is 3.87. The minimum Gasteiger partial charge on any atom is -0.352 e. The molecule has 0 aliphatic heterocycles. The highest BCUT2D eigenvalue weighted by Gasteiger charge is 2.33. The molecule has 1 amide bonds. The normalized spacial score (nSPS) is 28.1. The third kappa shape index (κ3) is 2.91. The molecular formula is C11H21NOS. The molecule has 1 fully saturated rings. The van der Waals surface area contributed by atoms with Crippen molar-refractivity contribution in [2.24, 2.45) is 5.41 Å². The SMILES string of the molecule is CC(S)C(=O)NC1CCCCC1(C)C. The molecule has 1 aliphatic rings. The van der Waals surface area contributed by atoms with Gasteiger partial charge in [0, 0.05) is 6.04 Å². The van der Waals surface area contributed by atoms with E-state index in [9.17, 15) is 4.79 Å². The average Bonchev–Trinajstić information content (AvgIpc) is 2.08. The van der Waals surface area contributed by atoms with Gasteiger partial charge in [0.15, 0.2) is 0 Å². The number of thiol groups is 1. The van der Waals surface area contributed by atoms with Crippen LogP contribution in [0, 0.1) is 5.41 Å². The van der Waals surface area contributed by atoms with Crippen molar-refractivity contribution in [3.8, 4) is 0 Å². The molecule has 0 saturated heterocycles. The minimum atomic E-state index is -0.201. The Morgan fingerprint density at radius 3 is 2.64 bits per heavy atom. The van der Waals surface area contributed by atoms with Crippen LogP contribution in [0.1, 0.15) is 46.5 Å². The van der Waals surface area contributed by atoms with Crippen LogP contribution < -0.4 is 5.32 Å². The van der Waals surface area contributed by atoms with Crippen molar-refractivity contribution in [3.05, 3.63) is 0 Å². The zero-order chi connectivity index (χ0) is 10.8. The standard InChI is InChI=1S/C11H21NOS/c1-8(14)10(13)12-9-6-4-5-7-11(9,2)3/h8-9,14H,4-7H2,1-3H3,(H,12,13). The summed E-state index contributed by atoms with van der Waals surface area (Å²) in [6.45, 7) is 6.29. The van der Waals surface area contributed by atoms with Gasteiger partial charge in [-0.05, 0) is 25.2 Å². The molecule has 0 bridgehead atoms. The van der Waals surface area contributed by atoms with Gasteiger partial charge in [-0.1, -0.05) is 26.7 Å². The lowest BCUT2D eigenvalue weighted by atomic mass is 9.73. The molecule has 0 aromatic heterocycles. The highest BCUT2D eigenvalue weighted by atomic mass is 32.1. The molecule has 82 valence electrons. The van der Waals surface area contributed by atoms with Crippen molar-refractivity contribution in [3.63, 3.8) is 0 Å². The summed E-state index contributed by atoms with van der Waals surface area (Å²) >= 11 is 4.14. The van der Waals surface area contributed by atoms with E-state index in [0.717, 1.165) is 6.42 Å². The van der Waals surface area contributed by atoms with Gasteiger partial charge in [-0.25, -0.2) is 0 Å². The zero-order valence-corrected chi connectivity index (χ0v) is 10.2. The van der Waals surface area contributed by atoms with Gasteiger partial charge in [0.25, 0.3) is 0 Å². The van der Waals surface area contributed by atoms with E-state index < -0.39 is 0 Å². The molecule has 1 rings (SSSR count). The fraction of sp³-hybridized carbons (Fsp3) is 0.909. The molecule has 2 nitrogen and oxygen atoms in total. The lowest BCUT2D eigenvalue weighted by Gasteiger charge is -2.39. The second kappa shape index (κ2) is 4.56. The Hall–Kier alpha value is -0.180. The summed E-state index contributed by atoms with van der Waals surface area (Å²) in [5.41, 5.74) is 0.247. The molecule has 1 aliphatic carbocycles. The molecule has 0 aromatic carbocycles. The first-order chi connectivity index (χ1) is 6.43. The Labute approximate surface area is 92.2 Å². The van der Waals surface area contributed by atoms with Crippen LogP contribution in [-0.2, 0) is 4.79 Å². The summed E-state index contributed by atoms with van der Waals surface area (Å²) in [6, 6.07) is 0.332. The second-order valence-electron chi connectivity index (χ2n) is 4.97. The molecule has 1 N–H and O–H groups in total. The van der Waals surface area contributed by atoms with Gasteiger partial charge in [-0.15, -0.1) is 0 Å². The predicted molar refractivity (Wildman–Crippen MR) is 62.6 cm³/mol. The summed E-state index contributed by atoms with van der Waals surface area (Å²) in [5.74, 6) is 0.0632. The topological polar surface area (TPSA) is 29.1 Å². The molecule has 2 atom stereocenters. The molecule has 0 radical (unpaired) electrons. The molecule has 2 unspecified atom stereocenters. The second-order valence-corrected chi connectivity index (χ2v) is 5.75. The van der Waals surface area contributed by atoms with Crippen LogP contribution in [0.25, 0.3) is 0 Å². The van der Waals surface area contributed by atoms with E-state index in [4.69, 9.17) is 0 Å². The molecule has 14 heavy (non-hydrogen) atoms. The first kappa shape index (κ1) is 11.9. The van der Waals surface area contributed by atoms with Crippen LogP contribution in [0.15, 0.2) is 0 Å². The lowest BCUT2D eigenvalue weighted by molar-refractivity contribution is -0.122. The molecular weight excluding hydrogens is 194 g/mol. The van der Waals surface area contributed by atoms with E-state index in [2.05, 4.69) is 31.8 Å². The fourth-order valence-electron chi connectivity index (χ4n) is 2.05. The lowest BCUT2D eigenvalue weighted by Crippen LogP contribution is -2.48. The minimum absolute atomic E-state index is 0.0632. The summed E-state index contributed by atoms with van der Waals surface area (Å²) in [4.78, 5) is 11.5. The molecule has 0 heterocycles. The van der Waals surface area contributed by atoms with E-state index in [1.54, 1.807) is 0 Å². The highest BCUT2D eigenvalue weighted by Crippen LogP contribution is 2.35. The van der Waals surface area contributed by atoms with Gasteiger partial charge in [0.2, 0.25) is 5.91 Å². The zero-order valence-electron chi connectivity index (χ0n) is 9.34. The van der Waals surface area contributed by atoms with Crippen molar-refractivity contribution in [1.29, 1.82) is 0 Å². The van der Waals surface area contributed by atoms with Crippen LogP contribution in [0.4, 0.5) is 0 Å². The van der Waals surface area contributed by atoms with Crippen molar-refractivity contribution in [1.82, 2.24) is 5.32 Å². The average molecular weight is 215 g/mol. The van der Waals surface area contributed by atoms with Gasteiger partial charge in [0.1, 0.15) is 0 Å². The molecule has 1 saturated carbocycles. The van der Waals surface area contributed by atoms with Crippen LogP contribution >= 0.6 is 12.6 Å². The van der Waals surface area contributed by atoms with E-state index in [1.165, 1.54) is 19.3 Å². The number of carbonyl (C=O) groups excluding carboxylic acids is 1. The number of amides is 1. The van der Waals surface area contributed by atoms with Gasteiger partial charge in [-0.3, -0.25) is 4.79 Å². The largest absolute Gasteiger partial charge is 0.352 e. The van der Waals surface area contributed by atoms with Crippen LogP contribution in [-0.4, -0.2) is 17.2 Å². The Morgan fingerprint density at radius 1 is 1.50 bits per heavy atom. The molecule has 0 spiro atoms. The van der Waals surface area contributed by atoms with Crippen molar-refractivity contribution < 1.29 is 4.79 Å².